The molecule has 0 fully saturated rings. The molecule has 6 heteroatoms. The minimum atomic E-state index is -0.510. The lowest BCUT2D eigenvalue weighted by Gasteiger charge is -2.22. The zero-order valence-corrected chi connectivity index (χ0v) is 11.8. The summed E-state index contributed by atoms with van der Waals surface area (Å²) in [5.74, 6) is -1.17. The molecule has 2 atom stereocenters. The summed E-state index contributed by atoms with van der Waals surface area (Å²) < 4.78 is 9.79. The van der Waals surface area contributed by atoms with Crippen LogP contribution in [-0.2, 0) is 19.1 Å². The molecule has 0 saturated heterocycles. The second-order valence-corrected chi connectivity index (χ2v) is 4.33. The van der Waals surface area contributed by atoms with Crippen molar-refractivity contribution in [3.8, 4) is 5.75 Å². The van der Waals surface area contributed by atoms with Gasteiger partial charge in [0.2, 0.25) is 5.91 Å². The van der Waals surface area contributed by atoms with Crippen molar-refractivity contribution in [1.82, 2.24) is 5.32 Å². The van der Waals surface area contributed by atoms with Gasteiger partial charge in [0.1, 0.15) is 12.3 Å². The number of phenolic OH excluding ortho intramolecular Hbond substituents is 1. The van der Waals surface area contributed by atoms with Crippen LogP contribution in [0.3, 0.4) is 0 Å². The fourth-order valence-electron chi connectivity index (χ4n) is 1.82. The summed E-state index contributed by atoms with van der Waals surface area (Å²) in [7, 11) is 2.76. The Morgan fingerprint density at radius 2 is 1.85 bits per heavy atom. The van der Waals surface area contributed by atoms with Crippen molar-refractivity contribution in [2.45, 2.75) is 13.0 Å². The highest BCUT2D eigenvalue weighted by Gasteiger charge is 2.25. The third-order valence-corrected chi connectivity index (χ3v) is 2.98. The van der Waals surface area contributed by atoms with Crippen LogP contribution in [0.4, 0.5) is 0 Å². The monoisotopic (exact) mass is 281 g/mol. The van der Waals surface area contributed by atoms with Gasteiger partial charge in [-0.2, -0.15) is 0 Å². The molecular weight excluding hydrogens is 262 g/mol. The first-order valence-electron chi connectivity index (χ1n) is 6.15. The number of nitrogens with one attached hydrogen (secondary N) is 1. The van der Waals surface area contributed by atoms with Crippen LogP contribution in [0.2, 0.25) is 0 Å². The number of benzene rings is 1. The molecule has 1 aromatic rings. The molecule has 2 N–H and O–H groups in total. The lowest BCUT2D eigenvalue weighted by Crippen LogP contribution is -2.36. The van der Waals surface area contributed by atoms with Crippen molar-refractivity contribution in [3.05, 3.63) is 29.8 Å². The van der Waals surface area contributed by atoms with Crippen LogP contribution in [0.25, 0.3) is 0 Å². The summed E-state index contributed by atoms with van der Waals surface area (Å²) in [6, 6.07) is 6.43. The van der Waals surface area contributed by atoms with Gasteiger partial charge in [0, 0.05) is 7.11 Å². The molecule has 0 heterocycles. The Kier molecular flexibility index (Phi) is 5.99. The highest BCUT2D eigenvalue weighted by Crippen LogP contribution is 2.26. The van der Waals surface area contributed by atoms with E-state index in [0.29, 0.717) is 0 Å². The summed E-state index contributed by atoms with van der Waals surface area (Å²) in [5, 5.41) is 11.7. The van der Waals surface area contributed by atoms with E-state index in [1.807, 2.05) is 0 Å². The molecule has 1 aromatic carbocycles. The van der Waals surface area contributed by atoms with Gasteiger partial charge < -0.3 is 19.9 Å². The van der Waals surface area contributed by atoms with Crippen molar-refractivity contribution < 1.29 is 24.2 Å². The zero-order valence-electron chi connectivity index (χ0n) is 11.8. The lowest BCUT2D eigenvalue weighted by molar-refractivity contribution is -0.142. The first kappa shape index (κ1) is 16.0. The molecule has 0 aromatic heterocycles. The molecule has 6 nitrogen and oxygen atoms in total. The maximum absolute atomic E-state index is 12.0. The number of phenols is 1. The quantitative estimate of drug-likeness (QED) is 0.760. The Morgan fingerprint density at radius 1 is 1.25 bits per heavy atom. The minimum Gasteiger partial charge on any atom is -0.508 e. The lowest BCUT2D eigenvalue weighted by atomic mass is 9.96. The number of ether oxygens (including phenoxy) is 2. The Bertz CT molecular complexity index is 457. The van der Waals surface area contributed by atoms with Gasteiger partial charge in [-0.15, -0.1) is 0 Å². The zero-order chi connectivity index (χ0) is 15.1. The Hall–Kier alpha value is -2.08. The SMILES string of the molecule is COC(=O)CNC(=O)C(C)C(OC)c1ccc(O)cc1. The third-order valence-electron chi connectivity index (χ3n) is 2.98. The Labute approximate surface area is 117 Å². The molecule has 0 aliphatic rings. The third kappa shape index (κ3) is 4.24. The van der Waals surface area contributed by atoms with Crippen LogP contribution in [0.1, 0.15) is 18.6 Å². The minimum absolute atomic E-state index is 0.145. The van der Waals surface area contributed by atoms with Gasteiger partial charge in [-0.25, -0.2) is 0 Å². The van der Waals surface area contributed by atoms with Crippen molar-refractivity contribution in [1.29, 1.82) is 0 Å². The molecule has 0 saturated carbocycles. The maximum atomic E-state index is 12.0. The van der Waals surface area contributed by atoms with Gasteiger partial charge >= 0.3 is 5.97 Å². The van der Waals surface area contributed by atoms with E-state index < -0.39 is 18.0 Å². The van der Waals surface area contributed by atoms with Crippen LogP contribution < -0.4 is 5.32 Å². The average Bonchev–Trinajstić information content (AvgIpc) is 2.46. The summed E-state index contributed by atoms with van der Waals surface area (Å²) in [5.41, 5.74) is 0.769. The van der Waals surface area contributed by atoms with Gasteiger partial charge in [0.25, 0.3) is 0 Å². The largest absolute Gasteiger partial charge is 0.508 e. The van der Waals surface area contributed by atoms with Crippen molar-refractivity contribution in [2.24, 2.45) is 5.92 Å². The molecule has 110 valence electrons. The number of carbonyl (C=O) groups excluding carboxylic acids is 2. The number of hydrogen-bond donors (Lipinski definition) is 2. The Morgan fingerprint density at radius 3 is 2.35 bits per heavy atom. The number of amides is 1. The first-order chi connectivity index (χ1) is 9.49. The van der Waals surface area contributed by atoms with Gasteiger partial charge in [0.05, 0.1) is 19.1 Å². The van der Waals surface area contributed by atoms with Gasteiger partial charge in [-0.3, -0.25) is 9.59 Å². The van der Waals surface area contributed by atoms with E-state index in [4.69, 9.17) is 4.74 Å². The second kappa shape index (κ2) is 7.49. The van der Waals surface area contributed by atoms with Crippen molar-refractivity contribution >= 4 is 11.9 Å². The average molecular weight is 281 g/mol. The molecule has 0 aliphatic heterocycles. The standard InChI is InChI=1S/C14H19NO5/c1-9(14(18)15-8-12(17)19-2)13(20-3)10-4-6-11(16)7-5-10/h4-7,9,13,16H,8H2,1-3H3,(H,15,18). The molecular formula is C14H19NO5. The van der Waals surface area contributed by atoms with E-state index in [0.717, 1.165) is 5.56 Å². The summed E-state index contributed by atoms with van der Waals surface area (Å²) in [4.78, 5) is 22.9. The molecule has 20 heavy (non-hydrogen) atoms. The fraction of sp³-hybridized carbons (Fsp3) is 0.429. The molecule has 2 unspecified atom stereocenters. The summed E-state index contributed by atoms with van der Waals surface area (Å²) >= 11 is 0. The van der Waals surface area contributed by atoms with Crippen molar-refractivity contribution in [2.75, 3.05) is 20.8 Å². The number of aromatic hydroxyl groups is 1. The van der Waals surface area contributed by atoms with Gasteiger partial charge in [0.15, 0.2) is 0 Å². The number of hydrogen-bond acceptors (Lipinski definition) is 5. The van der Waals surface area contributed by atoms with E-state index in [9.17, 15) is 14.7 Å². The second-order valence-electron chi connectivity index (χ2n) is 4.33. The molecule has 1 rings (SSSR count). The number of esters is 1. The van der Waals surface area contributed by atoms with E-state index in [1.165, 1.54) is 26.4 Å². The van der Waals surface area contributed by atoms with Crippen molar-refractivity contribution in [3.63, 3.8) is 0 Å². The fourth-order valence-corrected chi connectivity index (χ4v) is 1.82. The smallest absolute Gasteiger partial charge is 0.325 e. The van der Waals surface area contributed by atoms with Crippen LogP contribution >= 0.6 is 0 Å². The van der Waals surface area contributed by atoms with Gasteiger partial charge in [-0.05, 0) is 17.7 Å². The highest BCUT2D eigenvalue weighted by atomic mass is 16.5. The van der Waals surface area contributed by atoms with E-state index >= 15 is 0 Å². The van der Waals surface area contributed by atoms with E-state index in [1.54, 1.807) is 19.1 Å². The Balaban J connectivity index is 2.71. The topological polar surface area (TPSA) is 84.9 Å². The predicted octanol–water partition coefficient (Wildman–Crippen LogP) is 1.00. The first-order valence-corrected chi connectivity index (χ1v) is 6.15. The molecule has 0 bridgehead atoms. The molecule has 0 aliphatic carbocycles. The molecule has 0 spiro atoms. The van der Waals surface area contributed by atoms with Gasteiger partial charge in [-0.1, -0.05) is 19.1 Å². The predicted molar refractivity (Wildman–Crippen MR) is 72.0 cm³/mol. The maximum Gasteiger partial charge on any atom is 0.325 e. The van der Waals surface area contributed by atoms with Crippen LogP contribution in [0.5, 0.6) is 5.75 Å². The van der Waals surface area contributed by atoms with Crippen LogP contribution in [0, 0.1) is 5.92 Å². The molecule has 0 radical (unpaired) electrons. The number of carbonyl (C=O) groups is 2. The van der Waals surface area contributed by atoms with Crippen LogP contribution in [0.15, 0.2) is 24.3 Å². The summed E-state index contributed by atoms with van der Waals surface area (Å²) in [6.45, 7) is 1.53. The van der Waals surface area contributed by atoms with E-state index in [-0.39, 0.29) is 18.2 Å². The normalized spacial score (nSPS) is 13.3. The summed E-state index contributed by atoms with van der Waals surface area (Å²) in [6.07, 6.45) is -0.465. The number of methoxy groups -OCH3 is 2. The number of rotatable bonds is 6. The molecule has 1 amide bonds. The van der Waals surface area contributed by atoms with E-state index in [2.05, 4.69) is 10.1 Å². The van der Waals surface area contributed by atoms with Crippen LogP contribution in [-0.4, -0.2) is 37.7 Å². The highest BCUT2D eigenvalue weighted by molar-refractivity contribution is 5.83.